The Morgan fingerprint density at radius 3 is 2.52 bits per heavy atom. The van der Waals surface area contributed by atoms with Crippen LogP contribution in [0.25, 0.3) is 5.69 Å². The molecule has 1 amide bonds. The SMILES string of the molecule is COc1cc(/C=N\NC(=O)c2ccccc2-n2cccc2)cc(Cl)c1OCc1ccccc1. The van der Waals surface area contributed by atoms with Gasteiger partial charge in [-0.05, 0) is 47.5 Å². The minimum absolute atomic E-state index is 0.323. The summed E-state index contributed by atoms with van der Waals surface area (Å²) >= 11 is 6.44. The number of halogens is 1. The van der Waals surface area contributed by atoms with Gasteiger partial charge in [-0.1, -0.05) is 54.1 Å². The van der Waals surface area contributed by atoms with Crippen LogP contribution >= 0.6 is 11.6 Å². The molecule has 4 aromatic rings. The predicted octanol–water partition coefficient (Wildman–Crippen LogP) is 5.48. The van der Waals surface area contributed by atoms with E-state index in [1.807, 2.05) is 77.6 Å². The number of aromatic nitrogens is 1. The van der Waals surface area contributed by atoms with Crippen molar-refractivity contribution >= 4 is 23.7 Å². The number of carbonyl (C=O) groups excluding carboxylic acids is 1. The molecule has 0 bridgehead atoms. The Balaban J connectivity index is 1.46. The Bertz CT molecular complexity index is 1260. The van der Waals surface area contributed by atoms with Crippen molar-refractivity contribution in [1.82, 2.24) is 9.99 Å². The van der Waals surface area contributed by atoms with Crippen LogP contribution in [-0.2, 0) is 6.61 Å². The molecule has 0 spiro atoms. The number of hydrogen-bond acceptors (Lipinski definition) is 4. The number of nitrogens with zero attached hydrogens (tertiary/aromatic N) is 2. The first-order valence-corrected chi connectivity index (χ1v) is 10.6. The second kappa shape index (κ2) is 10.5. The highest BCUT2D eigenvalue weighted by atomic mass is 35.5. The first kappa shape index (κ1) is 22.2. The lowest BCUT2D eigenvalue weighted by Gasteiger charge is -2.13. The number of carbonyl (C=O) groups is 1. The fourth-order valence-electron chi connectivity index (χ4n) is 3.30. The molecule has 0 aliphatic rings. The summed E-state index contributed by atoms with van der Waals surface area (Å²) in [6, 6.07) is 24.3. The lowest BCUT2D eigenvalue weighted by atomic mass is 10.1. The summed E-state index contributed by atoms with van der Waals surface area (Å²) in [5, 5.41) is 4.48. The monoisotopic (exact) mass is 459 g/mol. The fourth-order valence-corrected chi connectivity index (χ4v) is 3.57. The van der Waals surface area contributed by atoms with Crippen LogP contribution < -0.4 is 14.9 Å². The van der Waals surface area contributed by atoms with Crippen LogP contribution in [0.2, 0.25) is 5.02 Å². The zero-order chi connectivity index (χ0) is 23.0. The van der Waals surface area contributed by atoms with Gasteiger partial charge in [-0.2, -0.15) is 5.10 Å². The van der Waals surface area contributed by atoms with Crippen LogP contribution in [0.1, 0.15) is 21.5 Å². The predicted molar refractivity (Wildman–Crippen MR) is 130 cm³/mol. The van der Waals surface area contributed by atoms with Gasteiger partial charge in [0.2, 0.25) is 0 Å². The van der Waals surface area contributed by atoms with Gasteiger partial charge in [0.25, 0.3) is 5.91 Å². The minimum atomic E-state index is -0.323. The summed E-state index contributed by atoms with van der Waals surface area (Å²) in [5.41, 5.74) is 5.51. The highest BCUT2D eigenvalue weighted by Crippen LogP contribution is 2.36. The fraction of sp³-hybridized carbons (Fsp3) is 0.0769. The minimum Gasteiger partial charge on any atom is -0.493 e. The van der Waals surface area contributed by atoms with Gasteiger partial charge >= 0.3 is 0 Å². The van der Waals surface area contributed by atoms with E-state index >= 15 is 0 Å². The van der Waals surface area contributed by atoms with Crippen molar-refractivity contribution in [3.8, 4) is 17.2 Å². The van der Waals surface area contributed by atoms with Gasteiger partial charge in [-0.3, -0.25) is 4.79 Å². The van der Waals surface area contributed by atoms with Gasteiger partial charge in [-0.25, -0.2) is 5.43 Å². The Hall–Kier alpha value is -4.03. The third-order valence-corrected chi connectivity index (χ3v) is 5.17. The quantitative estimate of drug-likeness (QED) is 0.280. The topological polar surface area (TPSA) is 64.8 Å². The molecule has 6 nitrogen and oxygen atoms in total. The number of hydrogen-bond donors (Lipinski definition) is 1. The molecular formula is C26H22ClN3O3. The summed E-state index contributed by atoms with van der Waals surface area (Å²) < 4.78 is 13.2. The maximum atomic E-state index is 12.7. The van der Waals surface area contributed by atoms with Gasteiger partial charge in [0.05, 0.1) is 29.6 Å². The number of para-hydroxylation sites is 1. The molecule has 33 heavy (non-hydrogen) atoms. The molecule has 3 aromatic carbocycles. The maximum absolute atomic E-state index is 12.7. The van der Waals surface area contributed by atoms with Crippen molar-refractivity contribution in [3.05, 3.63) is 113 Å². The van der Waals surface area contributed by atoms with Crippen LogP contribution in [-0.4, -0.2) is 23.8 Å². The van der Waals surface area contributed by atoms with Gasteiger partial charge < -0.3 is 14.0 Å². The van der Waals surface area contributed by atoms with Crippen molar-refractivity contribution in [2.45, 2.75) is 6.61 Å². The molecule has 0 fully saturated rings. The van der Waals surface area contributed by atoms with E-state index in [9.17, 15) is 4.79 Å². The van der Waals surface area contributed by atoms with Crippen LogP contribution in [0.15, 0.2) is 96.4 Å². The van der Waals surface area contributed by atoms with E-state index in [2.05, 4.69) is 10.5 Å². The zero-order valence-electron chi connectivity index (χ0n) is 17.9. The molecule has 1 aromatic heterocycles. The smallest absolute Gasteiger partial charge is 0.273 e. The van der Waals surface area contributed by atoms with E-state index in [4.69, 9.17) is 21.1 Å². The van der Waals surface area contributed by atoms with Crippen LogP contribution in [0.5, 0.6) is 11.5 Å². The molecule has 1 heterocycles. The zero-order valence-corrected chi connectivity index (χ0v) is 18.7. The number of benzene rings is 3. The number of nitrogens with one attached hydrogen (secondary N) is 1. The Morgan fingerprint density at radius 2 is 1.76 bits per heavy atom. The normalized spacial score (nSPS) is 10.8. The molecule has 4 rings (SSSR count). The van der Waals surface area contributed by atoms with Gasteiger partial charge in [0.15, 0.2) is 11.5 Å². The average molecular weight is 460 g/mol. The number of methoxy groups -OCH3 is 1. The van der Waals surface area contributed by atoms with Crippen LogP contribution in [0.3, 0.4) is 0 Å². The van der Waals surface area contributed by atoms with Gasteiger partial charge in [0.1, 0.15) is 6.61 Å². The van der Waals surface area contributed by atoms with E-state index < -0.39 is 0 Å². The highest BCUT2D eigenvalue weighted by molar-refractivity contribution is 6.32. The summed E-state index contributed by atoms with van der Waals surface area (Å²) in [5.74, 6) is 0.602. The molecular weight excluding hydrogens is 438 g/mol. The number of ether oxygens (including phenoxy) is 2. The third kappa shape index (κ3) is 5.42. The first-order chi connectivity index (χ1) is 16.2. The summed E-state index contributed by atoms with van der Waals surface area (Å²) in [7, 11) is 1.54. The van der Waals surface area contributed by atoms with E-state index in [0.29, 0.717) is 34.3 Å². The number of rotatable bonds is 8. The highest BCUT2D eigenvalue weighted by Gasteiger charge is 2.13. The average Bonchev–Trinajstić information content (AvgIpc) is 3.38. The molecule has 0 saturated heterocycles. The molecule has 166 valence electrons. The van der Waals surface area contributed by atoms with E-state index in [1.165, 1.54) is 6.21 Å². The lowest BCUT2D eigenvalue weighted by Crippen LogP contribution is -2.19. The largest absolute Gasteiger partial charge is 0.493 e. The Kier molecular flexibility index (Phi) is 7.07. The van der Waals surface area contributed by atoms with E-state index in [0.717, 1.165) is 11.3 Å². The number of hydrazone groups is 1. The molecule has 0 aliphatic carbocycles. The van der Waals surface area contributed by atoms with Crippen LogP contribution in [0.4, 0.5) is 0 Å². The molecule has 0 aliphatic heterocycles. The second-order valence-electron chi connectivity index (χ2n) is 7.11. The van der Waals surface area contributed by atoms with Crippen LogP contribution in [0, 0.1) is 0 Å². The van der Waals surface area contributed by atoms with Crippen molar-refractivity contribution in [2.75, 3.05) is 7.11 Å². The Morgan fingerprint density at radius 1 is 1.03 bits per heavy atom. The molecule has 0 radical (unpaired) electrons. The second-order valence-corrected chi connectivity index (χ2v) is 7.52. The molecule has 1 N–H and O–H groups in total. The van der Waals surface area contributed by atoms with Gasteiger partial charge in [0, 0.05) is 12.4 Å². The van der Waals surface area contributed by atoms with Crippen molar-refractivity contribution in [1.29, 1.82) is 0 Å². The van der Waals surface area contributed by atoms with E-state index in [-0.39, 0.29) is 5.91 Å². The lowest BCUT2D eigenvalue weighted by molar-refractivity contribution is 0.0955. The molecule has 0 saturated carbocycles. The summed E-state index contributed by atoms with van der Waals surface area (Å²) in [4.78, 5) is 12.7. The Labute approximate surface area is 197 Å². The summed E-state index contributed by atoms with van der Waals surface area (Å²) in [6.45, 7) is 0.362. The molecule has 0 atom stereocenters. The molecule has 7 heteroatoms. The van der Waals surface area contributed by atoms with Crippen molar-refractivity contribution in [2.24, 2.45) is 5.10 Å². The van der Waals surface area contributed by atoms with Crippen molar-refractivity contribution in [3.63, 3.8) is 0 Å². The summed E-state index contributed by atoms with van der Waals surface area (Å²) in [6.07, 6.45) is 5.27. The maximum Gasteiger partial charge on any atom is 0.273 e. The third-order valence-electron chi connectivity index (χ3n) is 4.89. The molecule has 0 unspecified atom stereocenters. The van der Waals surface area contributed by atoms with Gasteiger partial charge in [-0.15, -0.1) is 0 Å². The first-order valence-electron chi connectivity index (χ1n) is 10.3. The number of amides is 1. The standard InChI is InChI=1S/C26H22ClN3O3/c1-32-24-16-20(15-22(27)25(24)33-18-19-9-3-2-4-10-19)17-28-29-26(31)21-11-5-6-12-23(21)30-13-7-8-14-30/h2-17H,18H2,1H3,(H,29,31)/b28-17-. The van der Waals surface area contributed by atoms with Crippen molar-refractivity contribution < 1.29 is 14.3 Å². The van der Waals surface area contributed by atoms with E-state index in [1.54, 1.807) is 25.3 Å².